The average Bonchev–Trinajstić information content (AvgIpc) is 2.21. The van der Waals surface area contributed by atoms with Crippen LogP contribution in [0.1, 0.15) is 34.6 Å². The van der Waals surface area contributed by atoms with E-state index in [0.717, 1.165) is 0 Å². The number of nitrogens with zero attached hydrogens (tertiary/aromatic N) is 1. The number of hydrogen-bond donors (Lipinski definition) is 3. The fourth-order valence-electron chi connectivity index (χ4n) is 1.26. The summed E-state index contributed by atoms with van der Waals surface area (Å²) in [6.45, 7) is 10.5. The minimum absolute atomic E-state index is 0. The average molecular weight is 370 g/mol. The molecule has 0 spiro atoms. The van der Waals surface area contributed by atoms with Crippen LogP contribution in [0, 0.1) is 5.41 Å². The highest BCUT2D eigenvalue weighted by Gasteiger charge is 2.27. The molecule has 3 N–H and O–H groups in total. The van der Waals surface area contributed by atoms with Crippen LogP contribution in [0.3, 0.4) is 0 Å². The molecule has 0 bridgehead atoms. The van der Waals surface area contributed by atoms with Crippen molar-refractivity contribution in [1.82, 2.24) is 16.0 Å². The third-order valence-corrected chi connectivity index (χ3v) is 2.26. The summed E-state index contributed by atoms with van der Waals surface area (Å²) in [5, 5.41) is 9.06. The zero-order chi connectivity index (χ0) is 13.7. The second-order valence-electron chi connectivity index (χ2n) is 5.76. The van der Waals surface area contributed by atoms with E-state index >= 15 is 0 Å². The second-order valence-corrected chi connectivity index (χ2v) is 5.76. The molecule has 0 aliphatic heterocycles. The van der Waals surface area contributed by atoms with Crippen molar-refractivity contribution in [3.05, 3.63) is 0 Å². The first-order chi connectivity index (χ1) is 7.62. The van der Waals surface area contributed by atoms with Gasteiger partial charge in [0.05, 0.1) is 5.41 Å². The number of guanidine groups is 1. The maximum atomic E-state index is 11.6. The van der Waals surface area contributed by atoms with Crippen molar-refractivity contribution in [2.24, 2.45) is 10.4 Å². The van der Waals surface area contributed by atoms with Crippen molar-refractivity contribution in [1.29, 1.82) is 0 Å². The molecule has 0 aromatic carbocycles. The summed E-state index contributed by atoms with van der Waals surface area (Å²) in [6, 6.07) is 0. The Morgan fingerprint density at radius 2 is 1.67 bits per heavy atom. The van der Waals surface area contributed by atoms with Crippen molar-refractivity contribution in [2.75, 3.05) is 20.6 Å². The van der Waals surface area contributed by atoms with Crippen molar-refractivity contribution >= 4 is 35.8 Å². The van der Waals surface area contributed by atoms with Crippen LogP contribution < -0.4 is 16.0 Å². The summed E-state index contributed by atoms with van der Waals surface area (Å²) in [5.41, 5.74) is -0.525. The van der Waals surface area contributed by atoms with Crippen molar-refractivity contribution in [2.45, 2.75) is 40.2 Å². The van der Waals surface area contributed by atoms with Gasteiger partial charge in [0.2, 0.25) is 5.91 Å². The van der Waals surface area contributed by atoms with Gasteiger partial charge in [0.1, 0.15) is 0 Å². The molecule has 108 valence electrons. The van der Waals surface area contributed by atoms with Crippen LogP contribution in [0.15, 0.2) is 4.99 Å². The van der Waals surface area contributed by atoms with E-state index in [9.17, 15) is 4.79 Å². The van der Waals surface area contributed by atoms with Crippen molar-refractivity contribution < 1.29 is 4.79 Å². The Morgan fingerprint density at radius 3 is 2.00 bits per heavy atom. The highest BCUT2D eigenvalue weighted by atomic mass is 127. The van der Waals surface area contributed by atoms with Gasteiger partial charge in [0.25, 0.3) is 0 Å². The summed E-state index contributed by atoms with van der Waals surface area (Å²) in [6.07, 6.45) is 0. The predicted octanol–water partition coefficient (Wildman–Crippen LogP) is 1.34. The number of amides is 1. The first-order valence-corrected chi connectivity index (χ1v) is 5.83. The zero-order valence-electron chi connectivity index (χ0n) is 12.5. The number of carbonyl (C=O) groups excluding carboxylic acids is 1. The molecular formula is C12H27IN4O. The lowest BCUT2D eigenvalue weighted by Crippen LogP contribution is -2.51. The Bertz CT molecular complexity index is 295. The van der Waals surface area contributed by atoms with E-state index in [2.05, 4.69) is 41.7 Å². The van der Waals surface area contributed by atoms with Crippen molar-refractivity contribution in [3.8, 4) is 0 Å². The van der Waals surface area contributed by atoms with Gasteiger partial charge in [0, 0.05) is 26.2 Å². The van der Waals surface area contributed by atoms with Gasteiger partial charge < -0.3 is 16.0 Å². The lowest BCUT2D eigenvalue weighted by atomic mass is 9.92. The predicted molar refractivity (Wildman–Crippen MR) is 87.5 cm³/mol. The number of carbonyl (C=O) groups is 1. The Balaban J connectivity index is 0. The van der Waals surface area contributed by atoms with E-state index in [1.54, 1.807) is 14.1 Å². The summed E-state index contributed by atoms with van der Waals surface area (Å²) in [5.74, 6) is 0.714. The summed E-state index contributed by atoms with van der Waals surface area (Å²) >= 11 is 0. The molecule has 0 aromatic rings. The third kappa shape index (κ3) is 7.73. The van der Waals surface area contributed by atoms with Crippen molar-refractivity contribution in [3.63, 3.8) is 0 Å². The van der Waals surface area contributed by atoms with Crippen LogP contribution in [0.2, 0.25) is 0 Å². The molecule has 0 saturated heterocycles. The summed E-state index contributed by atoms with van der Waals surface area (Å²) in [4.78, 5) is 15.7. The van der Waals surface area contributed by atoms with E-state index < -0.39 is 5.41 Å². The quantitative estimate of drug-likeness (QED) is 0.399. The van der Waals surface area contributed by atoms with Gasteiger partial charge in [-0.15, -0.1) is 24.0 Å². The number of halogens is 1. The van der Waals surface area contributed by atoms with Gasteiger partial charge in [-0.05, 0) is 34.6 Å². The highest BCUT2D eigenvalue weighted by Crippen LogP contribution is 2.13. The summed E-state index contributed by atoms with van der Waals surface area (Å²) in [7, 11) is 3.36. The topological polar surface area (TPSA) is 65.5 Å². The Hall–Kier alpha value is -0.530. The molecule has 0 unspecified atom stereocenters. The highest BCUT2D eigenvalue weighted by molar-refractivity contribution is 14.0. The van der Waals surface area contributed by atoms with Gasteiger partial charge in [-0.25, -0.2) is 0 Å². The second kappa shape index (κ2) is 7.81. The molecule has 0 fully saturated rings. The molecule has 0 radical (unpaired) electrons. The number of aliphatic imine (C=N–C) groups is 1. The standard InChI is InChI=1S/C12H26N4O.HI/c1-11(2,3)16-10(14-7)15-8-12(4,5)9(17)13-6;/h8H2,1-7H3,(H,13,17)(H2,14,15,16);1H. The normalized spacial score (nSPS) is 12.5. The van der Waals surface area contributed by atoms with E-state index in [0.29, 0.717) is 12.5 Å². The molecule has 1 amide bonds. The first kappa shape index (κ1) is 19.8. The molecular weight excluding hydrogens is 343 g/mol. The fraction of sp³-hybridized carbons (Fsp3) is 0.833. The number of hydrogen-bond acceptors (Lipinski definition) is 2. The molecule has 0 rings (SSSR count). The van der Waals surface area contributed by atoms with Gasteiger partial charge in [-0.1, -0.05) is 0 Å². The molecule has 0 heterocycles. The smallest absolute Gasteiger partial charge is 0.227 e. The maximum Gasteiger partial charge on any atom is 0.227 e. The lowest BCUT2D eigenvalue weighted by molar-refractivity contribution is -0.128. The molecule has 0 aliphatic carbocycles. The SMILES string of the molecule is CN=C(NCC(C)(C)C(=O)NC)NC(C)(C)C.I. The molecule has 0 aromatic heterocycles. The minimum Gasteiger partial charge on any atom is -0.359 e. The fourth-order valence-corrected chi connectivity index (χ4v) is 1.26. The Morgan fingerprint density at radius 1 is 1.17 bits per heavy atom. The van der Waals surface area contributed by atoms with Gasteiger partial charge in [-0.3, -0.25) is 9.79 Å². The van der Waals surface area contributed by atoms with Crippen LogP contribution in [0.25, 0.3) is 0 Å². The maximum absolute atomic E-state index is 11.6. The lowest BCUT2D eigenvalue weighted by Gasteiger charge is -2.27. The van der Waals surface area contributed by atoms with Gasteiger partial charge in [0.15, 0.2) is 5.96 Å². The molecule has 0 aliphatic rings. The minimum atomic E-state index is -0.468. The van der Waals surface area contributed by atoms with E-state index in [-0.39, 0.29) is 35.4 Å². The zero-order valence-corrected chi connectivity index (χ0v) is 14.8. The number of nitrogens with one attached hydrogen (secondary N) is 3. The first-order valence-electron chi connectivity index (χ1n) is 5.83. The molecule has 0 atom stereocenters. The number of rotatable bonds is 3. The Kier molecular flexibility index (Phi) is 8.59. The van der Waals surface area contributed by atoms with Crippen LogP contribution in [-0.4, -0.2) is 38.0 Å². The molecule has 0 saturated carbocycles. The van der Waals surface area contributed by atoms with Crippen LogP contribution in [0.5, 0.6) is 0 Å². The molecule has 6 heteroatoms. The Labute approximate surface area is 128 Å². The molecule has 18 heavy (non-hydrogen) atoms. The van der Waals surface area contributed by atoms with E-state index in [4.69, 9.17) is 0 Å². The molecule has 5 nitrogen and oxygen atoms in total. The third-order valence-electron chi connectivity index (χ3n) is 2.26. The summed E-state index contributed by atoms with van der Waals surface area (Å²) < 4.78 is 0. The van der Waals surface area contributed by atoms with E-state index in [1.165, 1.54) is 0 Å². The van der Waals surface area contributed by atoms with Crippen LogP contribution in [0.4, 0.5) is 0 Å². The largest absolute Gasteiger partial charge is 0.359 e. The van der Waals surface area contributed by atoms with E-state index in [1.807, 2.05) is 13.8 Å². The monoisotopic (exact) mass is 370 g/mol. The van der Waals surface area contributed by atoms with Crippen LogP contribution >= 0.6 is 24.0 Å². The van der Waals surface area contributed by atoms with Gasteiger partial charge >= 0.3 is 0 Å². The van der Waals surface area contributed by atoms with Crippen LogP contribution in [-0.2, 0) is 4.79 Å². The van der Waals surface area contributed by atoms with Gasteiger partial charge in [-0.2, -0.15) is 0 Å².